The first-order chi connectivity index (χ1) is 11.1. The van der Waals surface area contributed by atoms with Crippen LogP contribution in [0.1, 0.15) is 19.4 Å². The smallest absolute Gasteiger partial charge is 0.194 e. The summed E-state index contributed by atoms with van der Waals surface area (Å²) in [6.07, 6.45) is 0.0655. The molecule has 0 saturated carbocycles. The number of hydrogen-bond donors (Lipinski definition) is 1. The van der Waals surface area contributed by atoms with E-state index in [9.17, 15) is 4.79 Å². The number of halogens is 1. The number of alkyl halides is 1. The molecular formula is C19H18BrNO2. The van der Waals surface area contributed by atoms with E-state index >= 15 is 0 Å². The van der Waals surface area contributed by atoms with Crippen LogP contribution in [0.25, 0.3) is 22.2 Å². The standard InChI is InChI=1S/C19H18BrNO2/c1-12(2)23-17-10-6-4-8-14(17)18-15(11-20)19(22)13-7-3-5-9-16(13)21-18/h3-10,12H,11H2,1-2H3,(H,21,22). The number of aromatic amines is 1. The van der Waals surface area contributed by atoms with Gasteiger partial charge in [-0.15, -0.1) is 0 Å². The molecule has 1 N–H and O–H groups in total. The molecule has 2 aromatic carbocycles. The summed E-state index contributed by atoms with van der Waals surface area (Å²) in [5, 5.41) is 1.19. The molecule has 3 rings (SSSR count). The monoisotopic (exact) mass is 371 g/mol. The summed E-state index contributed by atoms with van der Waals surface area (Å²) in [5.41, 5.74) is 3.30. The summed E-state index contributed by atoms with van der Waals surface area (Å²) in [6, 6.07) is 15.4. The van der Waals surface area contributed by atoms with E-state index in [1.54, 1.807) is 0 Å². The van der Waals surface area contributed by atoms with Gasteiger partial charge in [0.1, 0.15) is 5.75 Å². The number of ether oxygens (including phenoxy) is 1. The first-order valence-corrected chi connectivity index (χ1v) is 8.70. The van der Waals surface area contributed by atoms with Gasteiger partial charge in [0.05, 0.1) is 11.8 Å². The average molecular weight is 372 g/mol. The van der Waals surface area contributed by atoms with Crippen LogP contribution in [0.3, 0.4) is 0 Å². The lowest BCUT2D eigenvalue weighted by Gasteiger charge is -2.16. The lowest BCUT2D eigenvalue weighted by atomic mass is 10.0. The first kappa shape index (κ1) is 15.8. The Labute approximate surface area is 143 Å². The molecule has 0 aliphatic rings. The van der Waals surface area contributed by atoms with Gasteiger partial charge in [0.2, 0.25) is 0 Å². The molecule has 118 valence electrons. The van der Waals surface area contributed by atoms with Gasteiger partial charge < -0.3 is 9.72 Å². The Morgan fingerprint density at radius 2 is 1.78 bits per heavy atom. The van der Waals surface area contributed by atoms with Crippen molar-refractivity contribution in [3.05, 3.63) is 64.3 Å². The van der Waals surface area contributed by atoms with Crippen LogP contribution in [0, 0.1) is 0 Å². The molecule has 0 unspecified atom stereocenters. The van der Waals surface area contributed by atoms with E-state index in [0.717, 1.165) is 22.5 Å². The second kappa shape index (κ2) is 6.59. The Bertz CT molecular complexity index is 899. The van der Waals surface area contributed by atoms with Gasteiger partial charge in [-0.1, -0.05) is 40.2 Å². The van der Waals surface area contributed by atoms with Crippen molar-refractivity contribution in [2.45, 2.75) is 25.3 Å². The number of aromatic nitrogens is 1. The third-order valence-electron chi connectivity index (χ3n) is 3.66. The third-order valence-corrected chi connectivity index (χ3v) is 4.22. The number of rotatable bonds is 4. The van der Waals surface area contributed by atoms with Crippen molar-refractivity contribution < 1.29 is 4.74 Å². The van der Waals surface area contributed by atoms with Crippen LogP contribution in [0.2, 0.25) is 0 Å². The number of benzene rings is 2. The van der Waals surface area contributed by atoms with Gasteiger partial charge in [-0.3, -0.25) is 4.79 Å². The summed E-state index contributed by atoms with van der Waals surface area (Å²) in [6.45, 7) is 3.98. The van der Waals surface area contributed by atoms with Crippen LogP contribution in [-0.4, -0.2) is 11.1 Å². The fraction of sp³-hybridized carbons (Fsp3) is 0.211. The molecule has 1 heterocycles. The van der Waals surface area contributed by atoms with Crippen LogP contribution >= 0.6 is 15.9 Å². The molecule has 0 aliphatic heterocycles. The topological polar surface area (TPSA) is 42.1 Å². The molecule has 0 aliphatic carbocycles. The van der Waals surface area contributed by atoms with Gasteiger partial charge >= 0.3 is 0 Å². The van der Waals surface area contributed by atoms with E-state index in [1.165, 1.54) is 0 Å². The molecule has 0 atom stereocenters. The zero-order chi connectivity index (χ0) is 16.4. The van der Waals surface area contributed by atoms with Crippen molar-refractivity contribution in [1.29, 1.82) is 0 Å². The number of hydrogen-bond acceptors (Lipinski definition) is 2. The molecule has 1 aromatic heterocycles. The summed E-state index contributed by atoms with van der Waals surface area (Å²) < 4.78 is 5.91. The van der Waals surface area contributed by atoms with Crippen LogP contribution < -0.4 is 10.2 Å². The Kier molecular flexibility index (Phi) is 4.53. The number of pyridine rings is 1. The summed E-state index contributed by atoms with van der Waals surface area (Å²) in [4.78, 5) is 16.2. The largest absolute Gasteiger partial charge is 0.490 e. The van der Waals surface area contributed by atoms with E-state index in [-0.39, 0.29) is 11.5 Å². The molecular weight excluding hydrogens is 354 g/mol. The van der Waals surface area contributed by atoms with Gasteiger partial charge in [0, 0.05) is 27.4 Å². The molecule has 0 bridgehead atoms. The second-order valence-electron chi connectivity index (χ2n) is 5.65. The van der Waals surface area contributed by atoms with Gasteiger partial charge in [0.15, 0.2) is 5.43 Å². The molecule has 23 heavy (non-hydrogen) atoms. The summed E-state index contributed by atoms with van der Waals surface area (Å²) in [5.74, 6) is 0.774. The van der Waals surface area contributed by atoms with Gasteiger partial charge in [-0.25, -0.2) is 0 Å². The third kappa shape index (κ3) is 3.04. The van der Waals surface area contributed by atoms with E-state index in [2.05, 4.69) is 20.9 Å². The average Bonchev–Trinajstić information content (AvgIpc) is 2.55. The SMILES string of the molecule is CC(C)Oc1ccccc1-c1[nH]c2ccccc2c(=O)c1CBr. The predicted molar refractivity (Wildman–Crippen MR) is 98.4 cm³/mol. The van der Waals surface area contributed by atoms with E-state index in [1.807, 2.05) is 62.4 Å². The molecule has 3 nitrogen and oxygen atoms in total. The van der Waals surface area contributed by atoms with Crippen LogP contribution in [0.5, 0.6) is 5.75 Å². The lowest BCUT2D eigenvalue weighted by Crippen LogP contribution is -2.13. The fourth-order valence-electron chi connectivity index (χ4n) is 2.66. The van der Waals surface area contributed by atoms with Crippen molar-refractivity contribution in [1.82, 2.24) is 4.98 Å². The Morgan fingerprint density at radius 3 is 2.52 bits per heavy atom. The van der Waals surface area contributed by atoms with Crippen LogP contribution in [0.4, 0.5) is 0 Å². The molecule has 3 aromatic rings. The zero-order valence-corrected chi connectivity index (χ0v) is 14.7. The molecule has 0 radical (unpaired) electrons. The number of para-hydroxylation sites is 2. The summed E-state index contributed by atoms with van der Waals surface area (Å²) >= 11 is 3.46. The van der Waals surface area contributed by atoms with E-state index < -0.39 is 0 Å². The minimum absolute atomic E-state index is 0.0468. The molecule has 0 amide bonds. The highest BCUT2D eigenvalue weighted by Gasteiger charge is 2.16. The van der Waals surface area contributed by atoms with Crippen LogP contribution in [-0.2, 0) is 5.33 Å². The summed E-state index contributed by atoms with van der Waals surface area (Å²) in [7, 11) is 0. The maximum Gasteiger partial charge on any atom is 0.194 e. The molecule has 0 fully saturated rings. The predicted octanol–water partition coefficient (Wildman–Crippen LogP) is 4.88. The first-order valence-electron chi connectivity index (χ1n) is 7.57. The Balaban J connectivity index is 2.30. The maximum absolute atomic E-state index is 12.8. The van der Waals surface area contributed by atoms with Crippen molar-refractivity contribution in [3.8, 4) is 17.0 Å². The van der Waals surface area contributed by atoms with Gasteiger partial charge in [-0.05, 0) is 38.1 Å². The molecule has 0 saturated heterocycles. The number of nitrogens with one attached hydrogen (secondary N) is 1. The van der Waals surface area contributed by atoms with Crippen molar-refractivity contribution in [2.75, 3.05) is 0 Å². The Hall–Kier alpha value is -2.07. The Morgan fingerprint density at radius 1 is 1.09 bits per heavy atom. The van der Waals surface area contributed by atoms with E-state index in [0.29, 0.717) is 16.3 Å². The van der Waals surface area contributed by atoms with Gasteiger partial charge in [0.25, 0.3) is 0 Å². The second-order valence-corrected chi connectivity index (χ2v) is 6.21. The minimum atomic E-state index is 0.0468. The highest BCUT2D eigenvalue weighted by Crippen LogP contribution is 2.32. The minimum Gasteiger partial charge on any atom is -0.490 e. The lowest BCUT2D eigenvalue weighted by molar-refractivity contribution is 0.243. The van der Waals surface area contributed by atoms with Gasteiger partial charge in [-0.2, -0.15) is 0 Å². The van der Waals surface area contributed by atoms with Crippen molar-refractivity contribution in [2.24, 2.45) is 0 Å². The van der Waals surface area contributed by atoms with E-state index in [4.69, 9.17) is 4.74 Å². The maximum atomic E-state index is 12.8. The number of H-pyrrole nitrogens is 1. The highest BCUT2D eigenvalue weighted by molar-refractivity contribution is 9.08. The highest BCUT2D eigenvalue weighted by atomic mass is 79.9. The quantitative estimate of drug-likeness (QED) is 0.664. The number of fused-ring (bicyclic) bond motifs is 1. The zero-order valence-electron chi connectivity index (χ0n) is 13.1. The fourth-order valence-corrected chi connectivity index (χ4v) is 3.20. The normalized spacial score (nSPS) is 11.1. The van der Waals surface area contributed by atoms with Crippen molar-refractivity contribution >= 4 is 26.8 Å². The van der Waals surface area contributed by atoms with Crippen LogP contribution in [0.15, 0.2) is 53.3 Å². The van der Waals surface area contributed by atoms with Crippen molar-refractivity contribution in [3.63, 3.8) is 0 Å². The molecule has 4 heteroatoms. The molecule has 0 spiro atoms.